The number of Topliss-reactive ketones (excluding diaryl/α,β-unsaturated/α-hetero) is 1. The highest BCUT2D eigenvalue weighted by molar-refractivity contribution is 9.10. The smallest absolute Gasteiger partial charge is 0.167 e. The van der Waals surface area contributed by atoms with Crippen LogP contribution in [0.25, 0.3) is 0 Å². The van der Waals surface area contributed by atoms with Crippen molar-refractivity contribution in [3.8, 4) is 0 Å². The fourth-order valence-corrected chi connectivity index (χ4v) is 2.13. The zero-order valence-corrected chi connectivity index (χ0v) is 11.9. The third-order valence-electron chi connectivity index (χ3n) is 2.64. The minimum Gasteiger partial charge on any atom is -0.294 e. The first-order valence-corrected chi connectivity index (χ1v) is 6.57. The van der Waals surface area contributed by atoms with E-state index in [-0.39, 0.29) is 17.8 Å². The largest absolute Gasteiger partial charge is 0.294 e. The first-order chi connectivity index (χ1) is 8.99. The molecule has 0 spiro atoms. The van der Waals surface area contributed by atoms with Crippen LogP contribution < -0.4 is 0 Å². The second kappa shape index (κ2) is 5.80. The van der Waals surface area contributed by atoms with Crippen molar-refractivity contribution in [2.45, 2.75) is 6.42 Å². The van der Waals surface area contributed by atoms with Crippen molar-refractivity contribution in [1.29, 1.82) is 0 Å². The van der Waals surface area contributed by atoms with E-state index in [9.17, 15) is 13.6 Å². The van der Waals surface area contributed by atoms with Crippen molar-refractivity contribution >= 4 is 33.3 Å². The van der Waals surface area contributed by atoms with Gasteiger partial charge in [0.1, 0.15) is 11.6 Å². The Morgan fingerprint density at radius 1 is 1.16 bits per heavy atom. The van der Waals surface area contributed by atoms with Gasteiger partial charge in [0.05, 0.1) is 5.02 Å². The summed E-state index contributed by atoms with van der Waals surface area (Å²) in [4.78, 5) is 12.0. The van der Waals surface area contributed by atoms with Crippen LogP contribution in [0, 0.1) is 11.6 Å². The lowest BCUT2D eigenvalue weighted by Gasteiger charge is -2.05. The Hall–Kier alpha value is -1.26. The molecule has 0 aliphatic heterocycles. The number of hydrogen-bond donors (Lipinski definition) is 0. The van der Waals surface area contributed by atoms with Crippen molar-refractivity contribution in [2.75, 3.05) is 0 Å². The van der Waals surface area contributed by atoms with Gasteiger partial charge >= 0.3 is 0 Å². The molecule has 2 rings (SSSR count). The van der Waals surface area contributed by atoms with E-state index in [1.54, 1.807) is 6.07 Å². The topological polar surface area (TPSA) is 17.1 Å². The number of benzene rings is 2. The highest BCUT2D eigenvalue weighted by Crippen LogP contribution is 2.24. The first kappa shape index (κ1) is 14.2. The quantitative estimate of drug-likeness (QED) is 0.730. The van der Waals surface area contributed by atoms with E-state index < -0.39 is 11.6 Å². The normalized spacial score (nSPS) is 10.5. The SMILES string of the molecule is O=C(Cc1c(F)cccc1F)c1ccc(Cl)c(Br)c1. The minimum absolute atomic E-state index is 0.224. The summed E-state index contributed by atoms with van der Waals surface area (Å²) in [5.41, 5.74) is 0.123. The number of carbonyl (C=O) groups excluding carboxylic acids is 1. The Morgan fingerprint density at radius 2 is 1.79 bits per heavy atom. The van der Waals surface area contributed by atoms with Crippen LogP contribution in [0.4, 0.5) is 8.78 Å². The molecular formula is C14H8BrClF2O. The molecule has 0 atom stereocenters. The molecule has 0 aliphatic carbocycles. The van der Waals surface area contributed by atoms with Gasteiger partial charge in [-0.25, -0.2) is 8.78 Å². The highest BCUT2D eigenvalue weighted by Gasteiger charge is 2.15. The summed E-state index contributed by atoms with van der Waals surface area (Å²) in [6.45, 7) is 0. The molecule has 0 bridgehead atoms. The molecule has 1 nitrogen and oxygen atoms in total. The highest BCUT2D eigenvalue weighted by atomic mass is 79.9. The Kier molecular flexibility index (Phi) is 4.32. The van der Waals surface area contributed by atoms with Crippen LogP contribution in [0.2, 0.25) is 5.02 Å². The fraction of sp³-hybridized carbons (Fsp3) is 0.0714. The summed E-state index contributed by atoms with van der Waals surface area (Å²) in [6.07, 6.45) is -0.327. The van der Waals surface area contributed by atoms with Crippen molar-refractivity contribution < 1.29 is 13.6 Å². The number of rotatable bonds is 3. The zero-order valence-electron chi connectivity index (χ0n) is 9.59. The maximum Gasteiger partial charge on any atom is 0.167 e. The summed E-state index contributed by atoms with van der Waals surface area (Å²) in [5, 5.41) is 0.466. The summed E-state index contributed by atoms with van der Waals surface area (Å²) in [5.74, 6) is -1.82. The van der Waals surface area contributed by atoms with Crippen LogP contribution in [0.15, 0.2) is 40.9 Å². The van der Waals surface area contributed by atoms with Gasteiger partial charge in [-0.3, -0.25) is 4.79 Å². The van der Waals surface area contributed by atoms with Gasteiger partial charge in [-0.05, 0) is 46.3 Å². The molecule has 0 heterocycles. The van der Waals surface area contributed by atoms with Gasteiger partial charge in [-0.15, -0.1) is 0 Å². The average Bonchev–Trinajstić information content (AvgIpc) is 2.37. The summed E-state index contributed by atoms with van der Waals surface area (Å²) in [7, 11) is 0. The molecule has 0 radical (unpaired) electrons. The Morgan fingerprint density at radius 3 is 2.37 bits per heavy atom. The Labute approximate surface area is 122 Å². The van der Waals surface area contributed by atoms with Crippen LogP contribution in [0.5, 0.6) is 0 Å². The third kappa shape index (κ3) is 3.19. The molecule has 0 saturated carbocycles. The minimum atomic E-state index is -0.721. The van der Waals surface area contributed by atoms with Crippen molar-refractivity contribution in [1.82, 2.24) is 0 Å². The van der Waals surface area contributed by atoms with Crippen LogP contribution in [0.1, 0.15) is 15.9 Å². The van der Waals surface area contributed by atoms with E-state index in [2.05, 4.69) is 15.9 Å². The van der Waals surface area contributed by atoms with Gasteiger partial charge in [-0.2, -0.15) is 0 Å². The van der Waals surface area contributed by atoms with Crippen molar-refractivity contribution in [2.24, 2.45) is 0 Å². The number of carbonyl (C=O) groups is 1. The van der Waals surface area contributed by atoms with E-state index in [0.717, 1.165) is 12.1 Å². The predicted octanol–water partition coefficient (Wildman–Crippen LogP) is 4.81. The predicted molar refractivity (Wildman–Crippen MR) is 73.5 cm³/mol. The van der Waals surface area contributed by atoms with E-state index in [1.807, 2.05) is 0 Å². The Bertz CT molecular complexity index is 623. The summed E-state index contributed by atoms with van der Waals surface area (Å²) < 4.78 is 27.5. The number of ketones is 1. The monoisotopic (exact) mass is 344 g/mol. The fourth-order valence-electron chi connectivity index (χ4n) is 1.63. The second-order valence-electron chi connectivity index (χ2n) is 3.93. The molecule has 19 heavy (non-hydrogen) atoms. The molecule has 0 fully saturated rings. The van der Waals surface area contributed by atoms with Crippen LogP contribution >= 0.6 is 27.5 Å². The molecule has 0 N–H and O–H groups in total. The number of hydrogen-bond acceptors (Lipinski definition) is 1. The molecule has 5 heteroatoms. The lowest BCUT2D eigenvalue weighted by Crippen LogP contribution is -2.07. The maximum absolute atomic E-state index is 13.4. The van der Waals surface area contributed by atoms with E-state index >= 15 is 0 Å². The van der Waals surface area contributed by atoms with Crippen LogP contribution in [0.3, 0.4) is 0 Å². The van der Waals surface area contributed by atoms with Gasteiger partial charge in [0, 0.05) is 22.0 Å². The molecular weight excluding hydrogens is 338 g/mol. The molecule has 0 saturated heterocycles. The van der Waals surface area contributed by atoms with Crippen LogP contribution in [-0.2, 0) is 6.42 Å². The van der Waals surface area contributed by atoms with Crippen molar-refractivity contribution in [3.05, 3.63) is 68.7 Å². The molecule has 2 aromatic rings. The van der Waals surface area contributed by atoms with E-state index in [0.29, 0.717) is 15.1 Å². The van der Waals surface area contributed by atoms with E-state index in [1.165, 1.54) is 18.2 Å². The molecule has 2 aromatic carbocycles. The van der Waals surface area contributed by atoms with Gasteiger partial charge in [0.25, 0.3) is 0 Å². The molecule has 0 aliphatic rings. The lowest BCUT2D eigenvalue weighted by atomic mass is 10.0. The first-order valence-electron chi connectivity index (χ1n) is 5.40. The molecule has 0 aromatic heterocycles. The maximum atomic E-state index is 13.4. The van der Waals surface area contributed by atoms with Gasteiger partial charge < -0.3 is 0 Å². The van der Waals surface area contributed by atoms with Gasteiger partial charge in [0.2, 0.25) is 0 Å². The number of halogens is 4. The molecule has 0 amide bonds. The van der Waals surface area contributed by atoms with Crippen molar-refractivity contribution in [3.63, 3.8) is 0 Å². The van der Waals surface area contributed by atoms with Gasteiger partial charge in [0.15, 0.2) is 5.78 Å². The summed E-state index contributed by atoms with van der Waals surface area (Å²) in [6, 6.07) is 8.12. The molecule has 0 unspecified atom stereocenters. The van der Waals surface area contributed by atoms with Gasteiger partial charge in [-0.1, -0.05) is 17.7 Å². The standard InChI is InChI=1S/C14H8BrClF2O/c15-10-6-8(4-5-11(10)16)14(19)7-9-12(17)2-1-3-13(9)18/h1-6H,7H2. The zero-order chi connectivity index (χ0) is 14.0. The van der Waals surface area contributed by atoms with Crippen LogP contribution in [-0.4, -0.2) is 5.78 Å². The second-order valence-corrected chi connectivity index (χ2v) is 5.19. The van der Waals surface area contributed by atoms with E-state index in [4.69, 9.17) is 11.6 Å². The molecule has 98 valence electrons. The Balaban J connectivity index is 2.28. The summed E-state index contributed by atoms with van der Waals surface area (Å²) >= 11 is 9.01. The lowest BCUT2D eigenvalue weighted by molar-refractivity contribution is 0.0990. The average molecular weight is 346 g/mol. The third-order valence-corrected chi connectivity index (χ3v) is 3.85.